The predicted molar refractivity (Wildman–Crippen MR) is 130 cm³/mol. The van der Waals surface area contributed by atoms with Gasteiger partial charge in [0.25, 0.3) is 0 Å². The summed E-state index contributed by atoms with van der Waals surface area (Å²) in [4.78, 5) is 7.33. The highest BCUT2D eigenvalue weighted by atomic mass is 15.3. The molecule has 0 aliphatic carbocycles. The average Bonchev–Trinajstić information content (AvgIpc) is 3.18. The van der Waals surface area contributed by atoms with Crippen LogP contribution in [0.2, 0.25) is 0 Å². The van der Waals surface area contributed by atoms with Crippen molar-refractivity contribution in [3.8, 4) is 11.1 Å². The van der Waals surface area contributed by atoms with E-state index >= 15 is 0 Å². The molecule has 0 radical (unpaired) electrons. The Morgan fingerprint density at radius 1 is 0.903 bits per heavy atom. The number of fused-ring (bicyclic) bond motifs is 3. The van der Waals surface area contributed by atoms with Crippen LogP contribution in [0.4, 0.5) is 0 Å². The standard InChI is InChI=1S/C26H35N5/c1-9-10-21-15-22-19(5)27-25-24(23-17(3)13-16(2)14-18(23)4)20(6)28-31(25)26(22)30(21)12-11-29(7)8/h13-15H,9-12H2,1-8H3. The molecule has 0 N–H and O–H groups in total. The van der Waals surface area contributed by atoms with Crippen molar-refractivity contribution in [1.29, 1.82) is 0 Å². The Bertz CT molecular complexity index is 1250. The fraction of sp³-hybridized carbons (Fsp3) is 0.462. The Hall–Kier alpha value is -2.66. The molecule has 0 atom stereocenters. The third-order valence-corrected chi connectivity index (χ3v) is 6.26. The molecule has 0 unspecified atom stereocenters. The van der Waals surface area contributed by atoms with E-state index < -0.39 is 0 Å². The molecular weight excluding hydrogens is 382 g/mol. The lowest BCUT2D eigenvalue weighted by atomic mass is 9.94. The van der Waals surface area contributed by atoms with Crippen molar-refractivity contribution in [2.75, 3.05) is 20.6 Å². The first-order valence-electron chi connectivity index (χ1n) is 11.3. The van der Waals surface area contributed by atoms with Gasteiger partial charge in [-0.25, -0.2) is 4.98 Å². The van der Waals surface area contributed by atoms with E-state index in [0.29, 0.717) is 0 Å². The van der Waals surface area contributed by atoms with E-state index in [1.165, 1.54) is 39.0 Å². The summed E-state index contributed by atoms with van der Waals surface area (Å²) in [6, 6.07) is 6.85. The zero-order valence-electron chi connectivity index (χ0n) is 20.3. The molecule has 5 heteroatoms. The van der Waals surface area contributed by atoms with Gasteiger partial charge in [0.05, 0.1) is 17.0 Å². The fourth-order valence-corrected chi connectivity index (χ4v) is 4.95. The topological polar surface area (TPSA) is 38.4 Å². The maximum atomic E-state index is 5.09. The van der Waals surface area contributed by atoms with Gasteiger partial charge in [0.15, 0.2) is 5.65 Å². The zero-order valence-corrected chi connectivity index (χ0v) is 20.3. The highest BCUT2D eigenvalue weighted by Crippen LogP contribution is 2.35. The largest absolute Gasteiger partial charge is 0.328 e. The van der Waals surface area contributed by atoms with Gasteiger partial charge in [0.1, 0.15) is 5.65 Å². The van der Waals surface area contributed by atoms with E-state index in [4.69, 9.17) is 10.1 Å². The summed E-state index contributed by atoms with van der Waals surface area (Å²) in [5.41, 5.74) is 11.9. The molecular formula is C26H35N5. The molecule has 31 heavy (non-hydrogen) atoms. The molecule has 5 nitrogen and oxygen atoms in total. The second-order valence-corrected chi connectivity index (χ2v) is 9.24. The Morgan fingerprint density at radius 2 is 1.58 bits per heavy atom. The SMILES string of the molecule is CCCc1cc2c(C)nc3c(-c4c(C)cc(C)cc4C)c(C)nn3c2n1CCN(C)C. The molecule has 4 aromatic rings. The number of benzene rings is 1. The lowest BCUT2D eigenvalue weighted by Gasteiger charge is -2.15. The van der Waals surface area contributed by atoms with Gasteiger partial charge < -0.3 is 9.47 Å². The van der Waals surface area contributed by atoms with Gasteiger partial charge in [0, 0.05) is 24.2 Å². The number of hydrogen-bond donors (Lipinski definition) is 0. The molecule has 0 saturated carbocycles. The van der Waals surface area contributed by atoms with E-state index in [1.807, 2.05) is 0 Å². The Balaban J connectivity index is 2.07. The Labute approximate surface area is 185 Å². The lowest BCUT2D eigenvalue weighted by Crippen LogP contribution is -2.20. The number of rotatable bonds is 6. The monoisotopic (exact) mass is 417 g/mol. The van der Waals surface area contributed by atoms with Crippen LogP contribution in [0, 0.1) is 34.6 Å². The summed E-state index contributed by atoms with van der Waals surface area (Å²) in [7, 11) is 4.26. The number of hydrogen-bond acceptors (Lipinski definition) is 3. The maximum Gasteiger partial charge on any atom is 0.165 e. The van der Waals surface area contributed by atoms with Crippen molar-refractivity contribution in [3.63, 3.8) is 0 Å². The molecule has 3 heterocycles. The normalized spacial score (nSPS) is 12.0. The van der Waals surface area contributed by atoms with Crippen molar-refractivity contribution in [2.24, 2.45) is 0 Å². The van der Waals surface area contributed by atoms with Crippen LogP contribution in [0.3, 0.4) is 0 Å². The van der Waals surface area contributed by atoms with E-state index in [9.17, 15) is 0 Å². The second-order valence-electron chi connectivity index (χ2n) is 9.24. The fourth-order valence-electron chi connectivity index (χ4n) is 4.95. The van der Waals surface area contributed by atoms with E-state index in [1.54, 1.807) is 0 Å². The summed E-state index contributed by atoms with van der Waals surface area (Å²) in [6.45, 7) is 15.0. The Morgan fingerprint density at radius 3 is 2.19 bits per heavy atom. The molecule has 0 fully saturated rings. The molecule has 3 aromatic heterocycles. The molecule has 0 bridgehead atoms. The second kappa shape index (κ2) is 8.12. The summed E-state index contributed by atoms with van der Waals surface area (Å²) >= 11 is 0. The summed E-state index contributed by atoms with van der Waals surface area (Å²) in [5.74, 6) is 0. The van der Waals surface area contributed by atoms with Crippen LogP contribution in [0.15, 0.2) is 18.2 Å². The molecule has 164 valence electrons. The van der Waals surface area contributed by atoms with Crippen LogP contribution >= 0.6 is 0 Å². The average molecular weight is 418 g/mol. The summed E-state index contributed by atoms with van der Waals surface area (Å²) in [6.07, 6.45) is 2.19. The van der Waals surface area contributed by atoms with Gasteiger partial charge in [-0.3, -0.25) is 0 Å². The minimum atomic E-state index is 0.946. The van der Waals surface area contributed by atoms with Gasteiger partial charge in [-0.05, 0) is 77.9 Å². The minimum Gasteiger partial charge on any atom is -0.328 e. The van der Waals surface area contributed by atoms with E-state index in [2.05, 4.69) is 87.8 Å². The highest BCUT2D eigenvalue weighted by molar-refractivity contribution is 5.90. The minimum absolute atomic E-state index is 0.946. The molecule has 0 amide bonds. The molecule has 0 spiro atoms. The molecule has 0 saturated heterocycles. The molecule has 1 aromatic carbocycles. The van der Waals surface area contributed by atoms with Gasteiger partial charge in [0.2, 0.25) is 0 Å². The predicted octanol–water partition coefficient (Wildman–Crippen LogP) is 5.41. The van der Waals surface area contributed by atoms with Gasteiger partial charge in [-0.1, -0.05) is 31.0 Å². The quantitative estimate of drug-likeness (QED) is 0.421. The van der Waals surface area contributed by atoms with Crippen molar-refractivity contribution >= 4 is 16.7 Å². The smallest absolute Gasteiger partial charge is 0.165 e. The first-order chi connectivity index (χ1) is 14.7. The van der Waals surface area contributed by atoms with Crippen molar-refractivity contribution < 1.29 is 0 Å². The third kappa shape index (κ3) is 3.65. The summed E-state index contributed by atoms with van der Waals surface area (Å²) < 4.78 is 4.56. The number of aromatic nitrogens is 4. The van der Waals surface area contributed by atoms with Crippen LogP contribution in [0.25, 0.3) is 27.8 Å². The first-order valence-corrected chi connectivity index (χ1v) is 11.3. The maximum absolute atomic E-state index is 5.09. The Kier molecular flexibility index (Phi) is 5.65. The first kappa shape index (κ1) is 21.6. The van der Waals surface area contributed by atoms with E-state index in [0.717, 1.165) is 48.5 Å². The van der Waals surface area contributed by atoms with Crippen LogP contribution in [-0.2, 0) is 13.0 Å². The summed E-state index contributed by atoms with van der Waals surface area (Å²) in [5, 5.41) is 6.25. The van der Waals surface area contributed by atoms with Crippen molar-refractivity contribution in [3.05, 3.63) is 52.0 Å². The molecule has 0 aliphatic rings. The van der Waals surface area contributed by atoms with Crippen LogP contribution in [-0.4, -0.2) is 44.7 Å². The van der Waals surface area contributed by atoms with E-state index in [-0.39, 0.29) is 0 Å². The molecule has 4 rings (SSSR count). The number of aryl methyl sites for hydroxylation is 6. The van der Waals surface area contributed by atoms with Crippen LogP contribution < -0.4 is 0 Å². The van der Waals surface area contributed by atoms with Crippen molar-refractivity contribution in [2.45, 2.75) is 60.9 Å². The van der Waals surface area contributed by atoms with Gasteiger partial charge >= 0.3 is 0 Å². The van der Waals surface area contributed by atoms with Crippen LogP contribution in [0.5, 0.6) is 0 Å². The zero-order chi connectivity index (χ0) is 22.4. The molecule has 0 aliphatic heterocycles. The van der Waals surface area contributed by atoms with Gasteiger partial charge in [-0.2, -0.15) is 9.61 Å². The lowest BCUT2D eigenvalue weighted by molar-refractivity contribution is 0.383. The highest BCUT2D eigenvalue weighted by Gasteiger charge is 2.22. The van der Waals surface area contributed by atoms with Crippen LogP contribution in [0.1, 0.15) is 47.1 Å². The number of likely N-dealkylation sites (N-methyl/N-ethyl adjacent to an activating group) is 1. The third-order valence-electron chi connectivity index (χ3n) is 6.26. The number of nitrogens with zero attached hydrogens (tertiary/aromatic N) is 5. The van der Waals surface area contributed by atoms with Crippen molar-refractivity contribution in [1.82, 2.24) is 24.1 Å². The van der Waals surface area contributed by atoms with Gasteiger partial charge in [-0.15, -0.1) is 0 Å².